The Morgan fingerprint density at radius 3 is 2.88 bits per heavy atom. The van der Waals surface area contributed by atoms with Crippen LogP contribution in [0.15, 0.2) is 18.5 Å². The van der Waals surface area contributed by atoms with E-state index in [0.29, 0.717) is 30.5 Å². The van der Waals surface area contributed by atoms with Crippen molar-refractivity contribution in [2.24, 2.45) is 0 Å². The first-order valence-electron chi connectivity index (χ1n) is 8.46. The van der Waals surface area contributed by atoms with Crippen LogP contribution in [0, 0.1) is 0 Å². The fraction of sp³-hybridized carbons (Fsp3) is 0.588. The summed E-state index contributed by atoms with van der Waals surface area (Å²) in [5, 5.41) is 4.49. The maximum Gasteiger partial charge on any atom is 0.410 e. The van der Waals surface area contributed by atoms with Crippen molar-refractivity contribution in [1.82, 2.24) is 19.5 Å². The van der Waals surface area contributed by atoms with Crippen LogP contribution in [0.3, 0.4) is 0 Å². The van der Waals surface area contributed by atoms with Crippen LogP contribution in [0.4, 0.5) is 4.79 Å². The smallest absolute Gasteiger partial charge is 0.410 e. The van der Waals surface area contributed by atoms with Gasteiger partial charge >= 0.3 is 6.09 Å². The standard InChI is InChI=1S/C17H23ClN4O3/c1-17(2,3)25-16(23)21-9-4-5-12(7-10-21)24-15-13-6-8-19-22(13)11-14(18)20-15/h6,8,11-12H,4-5,7,9-10H2,1-3H3/t12-/m1/s1. The quantitative estimate of drug-likeness (QED) is 0.812. The number of hydrogen-bond donors (Lipinski definition) is 0. The van der Waals surface area contributed by atoms with E-state index in [2.05, 4.69) is 10.1 Å². The molecule has 0 aromatic carbocycles. The minimum Gasteiger partial charge on any atom is -0.473 e. The predicted octanol–water partition coefficient (Wildman–Crippen LogP) is 3.55. The Bertz CT molecular complexity index is 756. The fourth-order valence-corrected chi connectivity index (χ4v) is 2.98. The van der Waals surface area contributed by atoms with Gasteiger partial charge in [-0.25, -0.2) is 9.31 Å². The lowest BCUT2D eigenvalue weighted by molar-refractivity contribution is 0.0252. The third kappa shape index (κ3) is 4.54. The first-order chi connectivity index (χ1) is 11.8. The van der Waals surface area contributed by atoms with Crippen LogP contribution in [-0.2, 0) is 4.74 Å². The largest absolute Gasteiger partial charge is 0.473 e. The molecular weight excluding hydrogens is 344 g/mol. The molecule has 1 atom stereocenters. The number of halogens is 1. The molecule has 2 aromatic heterocycles. The molecule has 7 nitrogen and oxygen atoms in total. The molecule has 1 aliphatic heterocycles. The number of fused-ring (bicyclic) bond motifs is 1. The molecule has 136 valence electrons. The molecule has 0 saturated carbocycles. The van der Waals surface area contributed by atoms with E-state index in [1.165, 1.54) is 0 Å². The molecule has 0 spiro atoms. The zero-order chi connectivity index (χ0) is 18.0. The van der Waals surface area contributed by atoms with Gasteiger partial charge < -0.3 is 14.4 Å². The number of aromatic nitrogens is 3. The number of nitrogens with zero attached hydrogens (tertiary/aromatic N) is 4. The zero-order valence-corrected chi connectivity index (χ0v) is 15.5. The summed E-state index contributed by atoms with van der Waals surface area (Å²) in [5.74, 6) is 0.473. The molecule has 0 radical (unpaired) electrons. The van der Waals surface area contributed by atoms with Gasteiger partial charge in [-0.15, -0.1) is 0 Å². The van der Waals surface area contributed by atoms with Crippen LogP contribution >= 0.6 is 11.6 Å². The van der Waals surface area contributed by atoms with Gasteiger partial charge in [0.2, 0.25) is 5.88 Å². The van der Waals surface area contributed by atoms with E-state index in [4.69, 9.17) is 21.1 Å². The van der Waals surface area contributed by atoms with E-state index >= 15 is 0 Å². The van der Waals surface area contributed by atoms with Gasteiger partial charge in [-0.05, 0) is 39.7 Å². The predicted molar refractivity (Wildman–Crippen MR) is 94.1 cm³/mol. The Balaban J connectivity index is 1.65. The number of likely N-dealkylation sites (tertiary alicyclic amines) is 1. The second-order valence-electron chi connectivity index (χ2n) is 7.17. The average molecular weight is 367 g/mol. The van der Waals surface area contributed by atoms with E-state index in [0.717, 1.165) is 18.4 Å². The molecule has 3 heterocycles. The highest BCUT2D eigenvalue weighted by Crippen LogP contribution is 2.24. The summed E-state index contributed by atoms with van der Waals surface area (Å²) in [4.78, 5) is 18.3. The molecule has 25 heavy (non-hydrogen) atoms. The van der Waals surface area contributed by atoms with Crippen molar-refractivity contribution >= 4 is 23.2 Å². The van der Waals surface area contributed by atoms with Crippen molar-refractivity contribution in [3.8, 4) is 5.88 Å². The summed E-state index contributed by atoms with van der Waals surface area (Å²) in [7, 11) is 0. The number of ether oxygens (including phenoxy) is 2. The third-order valence-electron chi connectivity index (χ3n) is 3.93. The van der Waals surface area contributed by atoms with Crippen molar-refractivity contribution in [3.05, 3.63) is 23.6 Å². The average Bonchev–Trinajstić information content (AvgIpc) is 2.84. The number of carbonyl (C=O) groups is 1. The highest BCUT2D eigenvalue weighted by atomic mass is 35.5. The number of carbonyl (C=O) groups excluding carboxylic acids is 1. The van der Waals surface area contributed by atoms with Crippen molar-refractivity contribution in [3.63, 3.8) is 0 Å². The van der Waals surface area contributed by atoms with Crippen LogP contribution in [-0.4, -0.2) is 50.4 Å². The fourth-order valence-electron chi connectivity index (χ4n) is 2.81. The Labute approximate surface area is 151 Å². The number of amides is 1. The van der Waals surface area contributed by atoms with Crippen molar-refractivity contribution in [1.29, 1.82) is 0 Å². The molecule has 0 bridgehead atoms. The normalized spacial score (nSPS) is 18.9. The molecule has 2 aromatic rings. The van der Waals surface area contributed by atoms with Gasteiger partial charge in [0, 0.05) is 19.5 Å². The number of hydrogen-bond acceptors (Lipinski definition) is 5. The van der Waals surface area contributed by atoms with Crippen LogP contribution in [0.5, 0.6) is 5.88 Å². The van der Waals surface area contributed by atoms with Gasteiger partial charge in [0.15, 0.2) is 5.15 Å². The minimum atomic E-state index is -0.488. The summed E-state index contributed by atoms with van der Waals surface area (Å²) in [5.41, 5.74) is 0.287. The van der Waals surface area contributed by atoms with Gasteiger partial charge in [0.25, 0.3) is 0 Å². The molecule has 1 amide bonds. The van der Waals surface area contributed by atoms with Gasteiger partial charge in [0.1, 0.15) is 17.2 Å². The van der Waals surface area contributed by atoms with Crippen LogP contribution in [0.1, 0.15) is 40.0 Å². The summed E-state index contributed by atoms with van der Waals surface area (Å²) in [6, 6.07) is 1.84. The Morgan fingerprint density at radius 1 is 1.32 bits per heavy atom. The first kappa shape index (κ1) is 17.8. The van der Waals surface area contributed by atoms with E-state index < -0.39 is 5.60 Å². The van der Waals surface area contributed by atoms with Gasteiger partial charge in [-0.1, -0.05) is 11.6 Å². The highest BCUT2D eigenvalue weighted by molar-refractivity contribution is 6.29. The molecular formula is C17H23ClN4O3. The lowest BCUT2D eigenvalue weighted by Gasteiger charge is -2.26. The van der Waals surface area contributed by atoms with E-state index in [1.54, 1.807) is 21.8 Å². The zero-order valence-electron chi connectivity index (χ0n) is 14.7. The number of rotatable bonds is 2. The van der Waals surface area contributed by atoms with E-state index in [1.807, 2.05) is 26.8 Å². The Morgan fingerprint density at radius 2 is 2.12 bits per heavy atom. The monoisotopic (exact) mass is 366 g/mol. The molecule has 3 rings (SSSR count). The van der Waals surface area contributed by atoms with Crippen molar-refractivity contribution in [2.45, 2.75) is 51.7 Å². The van der Waals surface area contributed by atoms with Crippen LogP contribution < -0.4 is 4.74 Å². The highest BCUT2D eigenvalue weighted by Gasteiger charge is 2.26. The summed E-state index contributed by atoms with van der Waals surface area (Å²) < 4.78 is 13.2. The lowest BCUT2D eigenvalue weighted by Crippen LogP contribution is -2.37. The molecule has 1 saturated heterocycles. The summed E-state index contributed by atoms with van der Waals surface area (Å²) in [6.45, 7) is 6.87. The van der Waals surface area contributed by atoms with Gasteiger partial charge in [0.05, 0.1) is 12.4 Å². The molecule has 1 aliphatic rings. The molecule has 0 N–H and O–H groups in total. The Hall–Kier alpha value is -2.02. The topological polar surface area (TPSA) is 69.0 Å². The van der Waals surface area contributed by atoms with Gasteiger partial charge in [-0.2, -0.15) is 10.1 Å². The second-order valence-corrected chi connectivity index (χ2v) is 7.56. The maximum absolute atomic E-state index is 12.2. The summed E-state index contributed by atoms with van der Waals surface area (Å²) >= 11 is 6.04. The van der Waals surface area contributed by atoms with Crippen LogP contribution in [0.2, 0.25) is 5.15 Å². The van der Waals surface area contributed by atoms with E-state index in [9.17, 15) is 4.79 Å². The summed E-state index contributed by atoms with van der Waals surface area (Å²) in [6.07, 6.45) is 5.42. The lowest BCUT2D eigenvalue weighted by atomic mass is 10.2. The molecule has 0 unspecified atom stereocenters. The maximum atomic E-state index is 12.2. The molecule has 0 aliphatic carbocycles. The van der Waals surface area contributed by atoms with Crippen molar-refractivity contribution in [2.75, 3.05) is 13.1 Å². The third-order valence-corrected chi connectivity index (χ3v) is 4.11. The van der Waals surface area contributed by atoms with Gasteiger partial charge in [-0.3, -0.25) is 0 Å². The van der Waals surface area contributed by atoms with E-state index in [-0.39, 0.29) is 12.2 Å². The second kappa shape index (κ2) is 7.07. The first-order valence-corrected chi connectivity index (χ1v) is 8.84. The van der Waals surface area contributed by atoms with Crippen molar-refractivity contribution < 1.29 is 14.3 Å². The SMILES string of the molecule is CC(C)(C)OC(=O)N1CCC[C@@H](Oc2nc(Cl)cn3nccc23)CC1. The van der Waals surface area contributed by atoms with Crippen LogP contribution in [0.25, 0.3) is 5.52 Å². The minimum absolute atomic E-state index is 0.0305. The molecule has 8 heteroatoms. The Kier molecular flexibility index (Phi) is 5.03. The molecule has 1 fully saturated rings.